The van der Waals surface area contributed by atoms with Gasteiger partial charge in [0.25, 0.3) is 0 Å². The van der Waals surface area contributed by atoms with E-state index in [2.05, 4.69) is 31.3 Å². The molecule has 0 spiro atoms. The average molecular weight is 287 g/mol. The summed E-state index contributed by atoms with van der Waals surface area (Å²) in [6, 6.07) is 15.4. The fourth-order valence-electron chi connectivity index (χ4n) is 2.84. The van der Waals surface area contributed by atoms with E-state index in [1.54, 1.807) is 12.1 Å². The van der Waals surface area contributed by atoms with Crippen molar-refractivity contribution >= 4 is 0 Å². The van der Waals surface area contributed by atoms with Gasteiger partial charge in [-0.2, -0.15) is 0 Å². The summed E-state index contributed by atoms with van der Waals surface area (Å²) in [5.41, 5.74) is 1.95. The smallest absolute Gasteiger partial charge is 0.165 e. The van der Waals surface area contributed by atoms with Gasteiger partial charge in [-0.25, -0.2) is 4.39 Å². The van der Waals surface area contributed by atoms with Crippen molar-refractivity contribution in [1.82, 2.24) is 5.32 Å². The Morgan fingerprint density at radius 1 is 1.10 bits per heavy atom. The van der Waals surface area contributed by atoms with Crippen LogP contribution in [-0.2, 0) is 5.41 Å². The lowest BCUT2D eigenvalue weighted by molar-refractivity contribution is 0.362. The van der Waals surface area contributed by atoms with E-state index in [0.717, 1.165) is 5.56 Å². The number of ether oxygens (including phenoxy) is 1. The Morgan fingerprint density at radius 3 is 2.29 bits per heavy atom. The third-order valence-electron chi connectivity index (χ3n) is 4.04. The van der Waals surface area contributed by atoms with Gasteiger partial charge < -0.3 is 10.1 Å². The summed E-state index contributed by atoms with van der Waals surface area (Å²) in [6.45, 7) is 4.32. The first-order valence-corrected chi connectivity index (χ1v) is 7.07. The van der Waals surface area contributed by atoms with Crippen LogP contribution in [0, 0.1) is 5.82 Å². The lowest BCUT2D eigenvalue weighted by atomic mass is 9.75. The van der Waals surface area contributed by atoms with Crippen molar-refractivity contribution in [3.8, 4) is 5.75 Å². The fraction of sp³-hybridized carbons (Fsp3) is 0.333. The molecular formula is C18H22FNO. The number of likely N-dealkylation sites (N-methyl/N-ethyl adjacent to an activating group) is 1. The third-order valence-corrected chi connectivity index (χ3v) is 4.04. The molecule has 0 amide bonds. The molecule has 2 aromatic carbocycles. The van der Waals surface area contributed by atoms with E-state index in [9.17, 15) is 4.39 Å². The molecule has 0 saturated heterocycles. The number of nitrogens with one attached hydrogen (secondary N) is 1. The topological polar surface area (TPSA) is 21.3 Å². The second-order valence-corrected chi connectivity index (χ2v) is 5.70. The molecule has 2 nitrogen and oxygen atoms in total. The molecule has 0 aliphatic carbocycles. The Balaban J connectivity index is 2.41. The molecule has 3 heteroatoms. The lowest BCUT2D eigenvalue weighted by Crippen LogP contribution is -2.35. The molecule has 0 aliphatic rings. The van der Waals surface area contributed by atoms with Gasteiger partial charge in [0.15, 0.2) is 11.6 Å². The predicted molar refractivity (Wildman–Crippen MR) is 84.2 cm³/mol. The van der Waals surface area contributed by atoms with Crippen molar-refractivity contribution < 1.29 is 9.13 Å². The van der Waals surface area contributed by atoms with Gasteiger partial charge in [-0.15, -0.1) is 0 Å². The predicted octanol–water partition coefficient (Wildman–Crippen LogP) is 4.07. The minimum atomic E-state index is -0.334. The molecule has 0 bridgehead atoms. The van der Waals surface area contributed by atoms with Crippen molar-refractivity contribution in [2.45, 2.75) is 25.3 Å². The summed E-state index contributed by atoms with van der Waals surface area (Å²) in [5.74, 6) is -0.0646. The Bertz CT molecular complexity index is 595. The molecule has 0 fully saturated rings. The highest BCUT2D eigenvalue weighted by molar-refractivity contribution is 5.36. The zero-order valence-electron chi connectivity index (χ0n) is 13.0. The molecule has 1 unspecified atom stereocenters. The Kier molecular flexibility index (Phi) is 4.63. The molecule has 21 heavy (non-hydrogen) atoms. The molecule has 0 heterocycles. The van der Waals surface area contributed by atoms with Crippen LogP contribution in [0.15, 0.2) is 48.5 Å². The summed E-state index contributed by atoms with van der Waals surface area (Å²) in [6.07, 6.45) is 0. The van der Waals surface area contributed by atoms with E-state index in [4.69, 9.17) is 4.74 Å². The van der Waals surface area contributed by atoms with Crippen LogP contribution in [0.2, 0.25) is 0 Å². The SMILES string of the molecule is CNC(c1ccc(OC)c(F)c1)C(C)(C)c1ccccc1. The zero-order valence-corrected chi connectivity index (χ0v) is 13.0. The van der Waals surface area contributed by atoms with Gasteiger partial charge in [-0.05, 0) is 30.3 Å². The van der Waals surface area contributed by atoms with E-state index >= 15 is 0 Å². The number of halogens is 1. The minimum absolute atomic E-state index is 0.000283. The quantitative estimate of drug-likeness (QED) is 0.895. The van der Waals surface area contributed by atoms with E-state index in [-0.39, 0.29) is 23.0 Å². The summed E-state index contributed by atoms with van der Waals surface area (Å²) in [5, 5.41) is 3.31. The molecule has 0 aliphatic heterocycles. The van der Waals surface area contributed by atoms with E-state index < -0.39 is 0 Å². The van der Waals surface area contributed by atoms with Crippen molar-refractivity contribution in [2.24, 2.45) is 0 Å². The van der Waals surface area contributed by atoms with Crippen LogP contribution in [0.25, 0.3) is 0 Å². The van der Waals surface area contributed by atoms with Crippen molar-refractivity contribution in [2.75, 3.05) is 14.2 Å². The maximum atomic E-state index is 14.0. The summed E-state index contributed by atoms with van der Waals surface area (Å²) >= 11 is 0. The zero-order chi connectivity index (χ0) is 15.5. The van der Waals surface area contributed by atoms with Gasteiger partial charge in [0, 0.05) is 11.5 Å². The highest BCUT2D eigenvalue weighted by atomic mass is 19.1. The standard InChI is InChI=1S/C18H22FNO/c1-18(2,14-8-6-5-7-9-14)17(20-3)13-10-11-16(21-4)15(19)12-13/h5-12,17,20H,1-4H3. The van der Waals surface area contributed by atoms with E-state index in [1.165, 1.54) is 12.7 Å². The van der Waals surface area contributed by atoms with Crippen LogP contribution in [0.5, 0.6) is 5.75 Å². The third kappa shape index (κ3) is 3.08. The highest BCUT2D eigenvalue weighted by Gasteiger charge is 2.31. The van der Waals surface area contributed by atoms with Crippen LogP contribution in [-0.4, -0.2) is 14.2 Å². The second kappa shape index (κ2) is 6.27. The molecule has 2 rings (SSSR count). The maximum Gasteiger partial charge on any atom is 0.165 e. The molecule has 2 aromatic rings. The number of hydrogen-bond acceptors (Lipinski definition) is 2. The molecule has 0 radical (unpaired) electrons. The van der Waals surface area contributed by atoms with E-state index in [0.29, 0.717) is 0 Å². The Hall–Kier alpha value is -1.87. The fourth-order valence-corrected chi connectivity index (χ4v) is 2.84. The van der Waals surface area contributed by atoms with Crippen molar-refractivity contribution in [1.29, 1.82) is 0 Å². The molecule has 112 valence electrons. The lowest BCUT2D eigenvalue weighted by Gasteiger charge is -2.35. The van der Waals surface area contributed by atoms with E-state index in [1.807, 2.05) is 31.3 Å². The average Bonchev–Trinajstić information content (AvgIpc) is 2.49. The number of hydrogen-bond donors (Lipinski definition) is 1. The van der Waals surface area contributed by atoms with Crippen LogP contribution in [0.1, 0.15) is 31.0 Å². The van der Waals surface area contributed by atoms with Gasteiger partial charge in [0.2, 0.25) is 0 Å². The van der Waals surface area contributed by atoms with Gasteiger partial charge in [-0.3, -0.25) is 0 Å². The van der Waals surface area contributed by atoms with Crippen LogP contribution in [0.3, 0.4) is 0 Å². The summed E-state index contributed by atoms with van der Waals surface area (Å²) in [4.78, 5) is 0. The van der Waals surface area contributed by atoms with Crippen molar-refractivity contribution in [3.63, 3.8) is 0 Å². The number of methoxy groups -OCH3 is 1. The molecule has 0 saturated carbocycles. The van der Waals surface area contributed by atoms with Crippen LogP contribution in [0.4, 0.5) is 4.39 Å². The molecule has 1 atom stereocenters. The first kappa shape index (κ1) is 15.5. The second-order valence-electron chi connectivity index (χ2n) is 5.70. The van der Waals surface area contributed by atoms with Gasteiger partial charge >= 0.3 is 0 Å². The van der Waals surface area contributed by atoms with Gasteiger partial charge in [-0.1, -0.05) is 50.2 Å². The first-order valence-electron chi connectivity index (χ1n) is 7.07. The molecule has 0 aromatic heterocycles. The Morgan fingerprint density at radius 2 is 1.76 bits per heavy atom. The largest absolute Gasteiger partial charge is 0.494 e. The van der Waals surface area contributed by atoms with Crippen molar-refractivity contribution in [3.05, 3.63) is 65.5 Å². The van der Waals surface area contributed by atoms with Crippen LogP contribution >= 0.6 is 0 Å². The number of benzene rings is 2. The Labute approximate surface area is 126 Å². The number of rotatable bonds is 5. The normalized spacial score (nSPS) is 13.0. The summed E-state index contributed by atoms with van der Waals surface area (Å²) < 4.78 is 19.0. The molecule has 1 N–H and O–H groups in total. The monoisotopic (exact) mass is 287 g/mol. The van der Waals surface area contributed by atoms with Gasteiger partial charge in [0.05, 0.1) is 7.11 Å². The maximum absolute atomic E-state index is 14.0. The molecular weight excluding hydrogens is 265 g/mol. The van der Waals surface area contributed by atoms with Gasteiger partial charge in [0.1, 0.15) is 0 Å². The minimum Gasteiger partial charge on any atom is -0.494 e. The van der Waals surface area contributed by atoms with Crippen LogP contribution < -0.4 is 10.1 Å². The summed E-state index contributed by atoms with van der Waals surface area (Å²) in [7, 11) is 3.37. The first-order chi connectivity index (χ1) is 10.0. The highest BCUT2D eigenvalue weighted by Crippen LogP contribution is 2.37.